The molecule has 0 aromatic heterocycles. The first-order valence-corrected chi connectivity index (χ1v) is 6.76. The zero-order valence-corrected chi connectivity index (χ0v) is 11.1. The fourth-order valence-electron chi connectivity index (χ4n) is 1.18. The fraction of sp³-hybridized carbons (Fsp3) is 0.462. The normalized spacial score (nSPS) is 10.2. The Morgan fingerprint density at radius 1 is 1.24 bits per heavy atom. The first kappa shape index (κ1) is 14.1. The molecule has 4 heteroatoms. The standard InChI is InChI=1S/C13H18O3S/c1-3-5-13(14)16-11-6-8-12(9-7-11)17-10-15-4-2/h6-9H,3-5,10H2,1-2H3. The summed E-state index contributed by atoms with van der Waals surface area (Å²) in [6.45, 7) is 4.64. The lowest BCUT2D eigenvalue weighted by atomic mass is 10.3. The molecule has 0 amide bonds. The van der Waals surface area contributed by atoms with Crippen LogP contribution in [0.25, 0.3) is 0 Å². The number of thioether (sulfide) groups is 1. The number of benzene rings is 1. The number of hydrogen-bond donors (Lipinski definition) is 0. The van der Waals surface area contributed by atoms with Crippen molar-refractivity contribution in [1.29, 1.82) is 0 Å². The smallest absolute Gasteiger partial charge is 0.311 e. The van der Waals surface area contributed by atoms with Crippen LogP contribution in [-0.2, 0) is 9.53 Å². The molecule has 1 aromatic rings. The third kappa shape index (κ3) is 5.75. The molecule has 0 bridgehead atoms. The Morgan fingerprint density at radius 2 is 1.94 bits per heavy atom. The molecule has 1 aromatic carbocycles. The molecule has 17 heavy (non-hydrogen) atoms. The van der Waals surface area contributed by atoms with E-state index >= 15 is 0 Å². The summed E-state index contributed by atoms with van der Waals surface area (Å²) in [4.78, 5) is 12.4. The molecule has 0 atom stereocenters. The van der Waals surface area contributed by atoms with Crippen LogP contribution in [0.15, 0.2) is 29.2 Å². The average Bonchev–Trinajstić information content (AvgIpc) is 2.32. The Bertz CT molecular complexity index is 335. The average molecular weight is 254 g/mol. The summed E-state index contributed by atoms with van der Waals surface area (Å²) in [6.07, 6.45) is 1.27. The van der Waals surface area contributed by atoms with E-state index in [1.807, 2.05) is 38.1 Å². The molecular formula is C13H18O3S. The Kier molecular flexibility index (Phi) is 6.74. The van der Waals surface area contributed by atoms with Gasteiger partial charge in [0.2, 0.25) is 0 Å². The molecule has 0 aliphatic heterocycles. The minimum atomic E-state index is -0.179. The topological polar surface area (TPSA) is 35.5 Å². The number of rotatable bonds is 7. The third-order valence-corrected chi connectivity index (χ3v) is 2.91. The Morgan fingerprint density at radius 3 is 2.53 bits per heavy atom. The second-order valence-electron chi connectivity index (χ2n) is 3.45. The summed E-state index contributed by atoms with van der Waals surface area (Å²) in [7, 11) is 0. The van der Waals surface area contributed by atoms with Gasteiger partial charge in [-0.3, -0.25) is 4.79 Å². The van der Waals surface area contributed by atoms with Crippen LogP contribution in [0.5, 0.6) is 5.75 Å². The molecule has 1 rings (SSSR count). The zero-order chi connectivity index (χ0) is 12.5. The van der Waals surface area contributed by atoms with Crippen LogP contribution in [0.4, 0.5) is 0 Å². The zero-order valence-electron chi connectivity index (χ0n) is 10.3. The van der Waals surface area contributed by atoms with Gasteiger partial charge in [-0.2, -0.15) is 0 Å². The highest BCUT2D eigenvalue weighted by Crippen LogP contribution is 2.21. The van der Waals surface area contributed by atoms with Gasteiger partial charge in [-0.15, -0.1) is 0 Å². The highest BCUT2D eigenvalue weighted by atomic mass is 32.2. The lowest BCUT2D eigenvalue weighted by Gasteiger charge is -2.05. The molecule has 0 spiro atoms. The predicted octanol–water partition coefficient (Wildman–Crippen LogP) is 3.48. The van der Waals surface area contributed by atoms with Crippen LogP contribution < -0.4 is 4.74 Å². The molecule has 0 saturated carbocycles. The van der Waals surface area contributed by atoms with E-state index in [-0.39, 0.29) is 5.97 Å². The number of carbonyl (C=O) groups excluding carboxylic acids is 1. The highest BCUT2D eigenvalue weighted by Gasteiger charge is 2.03. The molecule has 0 heterocycles. The van der Waals surface area contributed by atoms with Crippen LogP contribution in [0.3, 0.4) is 0 Å². The Labute approximate surface area is 106 Å². The minimum Gasteiger partial charge on any atom is -0.427 e. The van der Waals surface area contributed by atoms with Crippen molar-refractivity contribution in [1.82, 2.24) is 0 Å². The summed E-state index contributed by atoms with van der Waals surface area (Å²) < 4.78 is 10.4. The minimum absolute atomic E-state index is 0.179. The van der Waals surface area contributed by atoms with Crippen molar-refractivity contribution < 1.29 is 14.3 Å². The summed E-state index contributed by atoms with van der Waals surface area (Å²) in [5.74, 6) is 1.07. The summed E-state index contributed by atoms with van der Waals surface area (Å²) in [5.41, 5.74) is 0. The van der Waals surface area contributed by atoms with E-state index < -0.39 is 0 Å². The largest absolute Gasteiger partial charge is 0.427 e. The fourth-order valence-corrected chi connectivity index (χ4v) is 1.90. The van der Waals surface area contributed by atoms with Crippen molar-refractivity contribution in [2.45, 2.75) is 31.6 Å². The van der Waals surface area contributed by atoms with E-state index in [1.54, 1.807) is 11.8 Å². The molecule has 0 aliphatic carbocycles. The van der Waals surface area contributed by atoms with Crippen LogP contribution in [0, 0.1) is 0 Å². The van der Waals surface area contributed by atoms with Crippen molar-refractivity contribution in [3.05, 3.63) is 24.3 Å². The van der Waals surface area contributed by atoms with Crippen LogP contribution in [0.1, 0.15) is 26.7 Å². The predicted molar refractivity (Wildman–Crippen MR) is 69.3 cm³/mol. The first-order valence-electron chi connectivity index (χ1n) is 5.77. The summed E-state index contributed by atoms with van der Waals surface area (Å²) >= 11 is 1.62. The van der Waals surface area contributed by atoms with Gasteiger partial charge in [-0.05, 0) is 37.6 Å². The van der Waals surface area contributed by atoms with Crippen LogP contribution in [0.2, 0.25) is 0 Å². The Hall–Kier alpha value is -1.00. The molecule has 0 fully saturated rings. The SMILES string of the molecule is CCCC(=O)Oc1ccc(SCOCC)cc1. The maximum Gasteiger partial charge on any atom is 0.311 e. The molecule has 0 aliphatic rings. The van der Waals surface area contributed by atoms with E-state index in [1.165, 1.54) is 0 Å². The van der Waals surface area contributed by atoms with Crippen molar-refractivity contribution in [3.63, 3.8) is 0 Å². The van der Waals surface area contributed by atoms with E-state index in [0.717, 1.165) is 17.9 Å². The van der Waals surface area contributed by atoms with E-state index in [9.17, 15) is 4.79 Å². The van der Waals surface area contributed by atoms with Gasteiger partial charge in [0.25, 0.3) is 0 Å². The van der Waals surface area contributed by atoms with Gasteiger partial charge in [0.1, 0.15) is 5.75 Å². The van der Waals surface area contributed by atoms with Crippen LogP contribution >= 0.6 is 11.8 Å². The molecular weight excluding hydrogens is 236 g/mol. The van der Waals surface area contributed by atoms with Crippen molar-refractivity contribution in [2.75, 3.05) is 12.5 Å². The number of hydrogen-bond acceptors (Lipinski definition) is 4. The highest BCUT2D eigenvalue weighted by molar-refractivity contribution is 7.99. The molecule has 0 radical (unpaired) electrons. The van der Waals surface area contributed by atoms with E-state index in [2.05, 4.69) is 0 Å². The monoisotopic (exact) mass is 254 g/mol. The van der Waals surface area contributed by atoms with Crippen LogP contribution in [-0.4, -0.2) is 18.5 Å². The second kappa shape index (κ2) is 8.14. The quantitative estimate of drug-likeness (QED) is 0.245. The first-order chi connectivity index (χ1) is 8.26. The molecule has 0 unspecified atom stereocenters. The number of carbonyl (C=O) groups is 1. The van der Waals surface area contributed by atoms with Gasteiger partial charge < -0.3 is 9.47 Å². The van der Waals surface area contributed by atoms with Gasteiger partial charge in [-0.1, -0.05) is 18.7 Å². The maximum absolute atomic E-state index is 11.3. The lowest BCUT2D eigenvalue weighted by Crippen LogP contribution is -2.06. The third-order valence-electron chi connectivity index (χ3n) is 2.02. The summed E-state index contributed by atoms with van der Waals surface area (Å²) in [6, 6.07) is 7.47. The van der Waals surface area contributed by atoms with Crippen molar-refractivity contribution in [3.8, 4) is 5.75 Å². The lowest BCUT2D eigenvalue weighted by molar-refractivity contribution is -0.134. The molecule has 0 saturated heterocycles. The van der Waals surface area contributed by atoms with E-state index in [0.29, 0.717) is 18.1 Å². The second-order valence-corrected chi connectivity index (χ2v) is 4.45. The van der Waals surface area contributed by atoms with Gasteiger partial charge in [0, 0.05) is 17.9 Å². The molecule has 0 N–H and O–H groups in total. The van der Waals surface area contributed by atoms with Crippen molar-refractivity contribution in [2.24, 2.45) is 0 Å². The maximum atomic E-state index is 11.3. The molecule has 94 valence electrons. The van der Waals surface area contributed by atoms with E-state index in [4.69, 9.17) is 9.47 Å². The van der Waals surface area contributed by atoms with Gasteiger partial charge >= 0.3 is 5.97 Å². The number of ether oxygens (including phenoxy) is 2. The van der Waals surface area contributed by atoms with Gasteiger partial charge in [0.15, 0.2) is 0 Å². The number of esters is 1. The van der Waals surface area contributed by atoms with Gasteiger partial charge in [-0.25, -0.2) is 0 Å². The van der Waals surface area contributed by atoms with Crippen molar-refractivity contribution >= 4 is 17.7 Å². The van der Waals surface area contributed by atoms with Gasteiger partial charge in [0.05, 0.1) is 5.94 Å². The molecule has 3 nitrogen and oxygen atoms in total. The Balaban J connectivity index is 2.41. The summed E-state index contributed by atoms with van der Waals surface area (Å²) in [5, 5.41) is 0.